The van der Waals surface area contributed by atoms with Crippen LogP contribution < -0.4 is 4.74 Å². The Bertz CT molecular complexity index is 716. The van der Waals surface area contributed by atoms with Crippen molar-refractivity contribution in [3.63, 3.8) is 0 Å². The number of aromatic nitrogens is 1. The van der Waals surface area contributed by atoms with Gasteiger partial charge in [0.15, 0.2) is 0 Å². The van der Waals surface area contributed by atoms with E-state index in [1.54, 1.807) is 11.3 Å². The van der Waals surface area contributed by atoms with Gasteiger partial charge in [-0.25, -0.2) is 0 Å². The molecule has 0 atom stereocenters. The van der Waals surface area contributed by atoms with Gasteiger partial charge in [0.2, 0.25) is 0 Å². The summed E-state index contributed by atoms with van der Waals surface area (Å²) in [6.07, 6.45) is 3.13. The zero-order chi connectivity index (χ0) is 13.9. The summed E-state index contributed by atoms with van der Waals surface area (Å²) in [4.78, 5) is 1.26. The van der Waals surface area contributed by atoms with Gasteiger partial charge in [0.1, 0.15) is 5.75 Å². The van der Waals surface area contributed by atoms with Gasteiger partial charge in [-0.05, 0) is 36.8 Å². The number of thiophene rings is 1. The van der Waals surface area contributed by atoms with Gasteiger partial charge in [0.25, 0.3) is 0 Å². The lowest BCUT2D eigenvalue weighted by molar-refractivity contribution is 0.321. The highest BCUT2D eigenvalue weighted by molar-refractivity contribution is 7.16. The molecule has 0 spiro atoms. The second-order valence-electron chi connectivity index (χ2n) is 4.69. The van der Waals surface area contributed by atoms with E-state index < -0.39 is 0 Å². The molecule has 0 aliphatic carbocycles. The largest absolute Gasteiger partial charge is 0.493 e. The third kappa shape index (κ3) is 2.69. The van der Waals surface area contributed by atoms with Gasteiger partial charge in [-0.3, -0.25) is 0 Å². The SMILES string of the molecule is CCCOc1cccc2c1ccn2Cc1ccc(Cl)s1. The number of rotatable bonds is 5. The molecule has 3 rings (SSSR count). The standard InChI is InChI=1S/C16H16ClNOS/c1-2-10-19-15-5-3-4-14-13(15)8-9-18(14)11-12-6-7-16(17)20-12/h3-9H,2,10-11H2,1H3. The highest BCUT2D eigenvalue weighted by Gasteiger charge is 2.07. The maximum atomic E-state index is 5.99. The Morgan fingerprint density at radius 1 is 1.20 bits per heavy atom. The third-order valence-corrected chi connectivity index (χ3v) is 4.41. The van der Waals surface area contributed by atoms with Crippen LogP contribution in [0, 0.1) is 0 Å². The normalized spacial score (nSPS) is 11.1. The van der Waals surface area contributed by atoms with Crippen molar-refractivity contribution < 1.29 is 4.74 Å². The summed E-state index contributed by atoms with van der Waals surface area (Å²) < 4.78 is 8.87. The second-order valence-corrected chi connectivity index (χ2v) is 6.49. The van der Waals surface area contributed by atoms with Crippen LogP contribution in [0.15, 0.2) is 42.6 Å². The summed E-state index contributed by atoms with van der Waals surface area (Å²) in [6, 6.07) is 12.4. The average molecular weight is 306 g/mol. The fourth-order valence-corrected chi connectivity index (χ4v) is 3.36. The number of hydrogen-bond donors (Lipinski definition) is 0. The summed E-state index contributed by atoms with van der Waals surface area (Å²) in [7, 11) is 0. The average Bonchev–Trinajstić information content (AvgIpc) is 3.04. The zero-order valence-corrected chi connectivity index (χ0v) is 12.9. The van der Waals surface area contributed by atoms with E-state index in [4.69, 9.17) is 16.3 Å². The van der Waals surface area contributed by atoms with E-state index in [-0.39, 0.29) is 0 Å². The van der Waals surface area contributed by atoms with E-state index in [1.807, 2.05) is 18.2 Å². The van der Waals surface area contributed by atoms with Crippen LogP contribution in [0.3, 0.4) is 0 Å². The number of fused-ring (bicyclic) bond motifs is 1. The van der Waals surface area contributed by atoms with Crippen molar-refractivity contribution in [3.05, 3.63) is 51.8 Å². The molecule has 3 aromatic rings. The topological polar surface area (TPSA) is 14.2 Å². The third-order valence-electron chi connectivity index (χ3n) is 3.19. The predicted octanol–water partition coefficient (Wildman–Crippen LogP) is 5.19. The minimum atomic E-state index is 0.755. The molecule has 2 heterocycles. The predicted molar refractivity (Wildman–Crippen MR) is 86.2 cm³/mol. The molecule has 0 aliphatic rings. The fraction of sp³-hybridized carbons (Fsp3) is 0.250. The molecule has 2 aromatic heterocycles. The summed E-state index contributed by atoms with van der Waals surface area (Å²) in [5.41, 5.74) is 1.20. The quantitative estimate of drug-likeness (QED) is 0.632. The minimum Gasteiger partial charge on any atom is -0.493 e. The van der Waals surface area contributed by atoms with Crippen LogP contribution in [0.1, 0.15) is 18.2 Å². The molecule has 1 aromatic carbocycles. The number of halogens is 1. The van der Waals surface area contributed by atoms with Crippen LogP contribution in [0.5, 0.6) is 5.75 Å². The van der Waals surface area contributed by atoms with Crippen LogP contribution in [0.25, 0.3) is 10.9 Å². The van der Waals surface area contributed by atoms with Crippen molar-refractivity contribution in [2.75, 3.05) is 6.61 Å². The molecule has 104 valence electrons. The second kappa shape index (κ2) is 5.90. The lowest BCUT2D eigenvalue weighted by Gasteiger charge is -2.07. The Morgan fingerprint density at radius 2 is 2.10 bits per heavy atom. The zero-order valence-electron chi connectivity index (χ0n) is 11.3. The van der Waals surface area contributed by atoms with Gasteiger partial charge < -0.3 is 9.30 Å². The van der Waals surface area contributed by atoms with Crippen molar-refractivity contribution in [2.24, 2.45) is 0 Å². The van der Waals surface area contributed by atoms with Gasteiger partial charge >= 0.3 is 0 Å². The minimum absolute atomic E-state index is 0.755. The smallest absolute Gasteiger partial charge is 0.128 e. The molecule has 0 aliphatic heterocycles. The van der Waals surface area contributed by atoms with Crippen LogP contribution in [-0.2, 0) is 6.54 Å². The van der Waals surface area contributed by atoms with E-state index in [1.165, 1.54) is 15.8 Å². The highest BCUT2D eigenvalue weighted by Crippen LogP contribution is 2.29. The first-order chi connectivity index (χ1) is 9.78. The molecule has 0 fully saturated rings. The lowest BCUT2D eigenvalue weighted by atomic mass is 10.2. The number of hydrogen-bond acceptors (Lipinski definition) is 2. The molecule has 20 heavy (non-hydrogen) atoms. The highest BCUT2D eigenvalue weighted by atomic mass is 35.5. The molecular weight excluding hydrogens is 290 g/mol. The first-order valence-corrected chi connectivity index (χ1v) is 7.92. The maximum Gasteiger partial charge on any atom is 0.128 e. The molecular formula is C16H16ClNOS. The van der Waals surface area contributed by atoms with E-state index in [0.29, 0.717) is 0 Å². The van der Waals surface area contributed by atoms with E-state index in [2.05, 4.69) is 35.9 Å². The maximum absolute atomic E-state index is 5.99. The van der Waals surface area contributed by atoms with Crippen molar-refractivity contribution in [2.45, 2.75) is 19.9 Å². The number of benzene rings is 1. The van der Waals surface area contributed by atoms with Crippen molar-refractivity contribution in [1.82, 2.24) is 4.57 Å². The van der Waals surface area contributed by atoms with Crippen molar-refractivity contribution in [1.29, 1.82) is 0 Å². The van der Waals surface area contributed by atoms with Crippen molar-refractivity contribution >= 4 is 33.8 Å². The molecule has 0 bridgehead atoms. The first kappa shape index (κ1) is 13.5. The summed E-state index contributed by atoms with van der Waals surface area (Å²) >= 11 is 7.62. The fourth-order valence-electron chi connectivity index (χ4n) is 2.28. The van der Waals surface area contributed by atoms with Crippen molar-refractivity contribution in [3.8, 4) is 5.75 Å². The molecule has 0 saturated carbocycles. The summed E-state index contributed by atoms with van der Waals surface area (Å²) in [5, 5.41) is 1.17. The van der Waals surface area contributed by atoms with Gasteiger partial charge in [-0.1, -0.05) is 24.6 Å². The number of ether oxygens (including phenoxy) is 1. The van der Waals surface area contributed by atoms with E-state index in [0.717, 1.165) is 29.7 Å². The monoisotopic (exact) mass is 305 g/mol. The van der Waals surface area contributed by atoms with Gasteiger partial charge in [0.05, 0.1) is 23.0 Å². The molecule has 0 N–H and O–H groups in total. The Kier molecular flexibility index (Phi) is 3.99. The molecule has 0 unspecified atom stereocenters. The Morgan fingerprint density at radius 3 is 2.85 bits per heavy atom. The molecule has 2 nitrogen and oxygen atoms in total. The Balaban J connectivity index is 1.92. The van der Waals surface area contributed by atoms with Gasteiger partial charge in [-0.2, -0.15) is 0 Å². The van der Waals surface area contributed by atoms with Gasteiger partial charge in [-0.15, -0.1) is 11.3 Å². The van der Waals surface area contributed by atoms with Crippen LogP contribution >= 0.6 is 22.9 Å². The summed E-state index contributed by atoms with van der Waals surface area (Å²) in [5.74, 6) is 0.965. The van der Waals surface area contributed by atoms with Gasteiger partial charge in [0, 0.05) is 16.5 Å². The summed E-state index contributed by atoms with van der Waals surface area (Å²) in [6.45, 7) is 3.72. The molecule has 0 radical (unpaired) electrons. The first-order valence-electron chi connectivity index (χ1n) is 6.73. The van der Waals surface area contributed by atoms with Crippen LogP contribution in [-0.4, -0.2) is 11.2 Å². The Hall–Kier alpha value is -1.45. The molecule has 0 amide bonds. The lowest BCUT2D eigenvalue weighted by Crippen LogP contribution is -1.97. The van der Waals surface area contributed by atoms with E-state index >= 15 is 0 Å². The van der Waals surface area contributed by atoms with Crippen LogP contribution in [0.2, 0.25) is 4.34 Å². The van der Waals surface area contributed by atoms with E-state index in [9.17, 15) is 0 Å². The Labute approximate surface area is 127 Å². The molecule has 4 heteroatoms. The number of nitrogens with zero attached hydrogens (tertiary/aromatic N) is 1. The molecule has 0 saturated heterocycles. The van der Waals surface area contributed by atoms with Crippen LogP contribution in [0.4, 0.5) is 0 Å².